The Hall–Kier alpha value is -1.36. The van der Waals surface area contributed by atoms with Crippen molar-refractivity contribution in [2.75, 3.05) is 5.32 Å². The molecule has 0 aliphatic heterocycles. The molecule has 0 bridgehead atoms. The van der Waals surface area contributed by atoms with Gasteiger partial charge in [0, 0.05) is 10.7 Å². The Morgan fingerprint density at radius 3 is 3.07 bits per heavy atom. The summed E-state index contributed by atoms with van der Waals surface area (Å²) in [7, 11) is 0. The summed E-state index contributed by atoms with van der Waals surface area (Å²) in [5, 5.41) is 3.12. The van der Waals surface area contributed by atoms with Crippen molar-refractivity contribution >= 4 is 21.7 Å². The van der Waals surface area contributed by atoms with Gasteiger partial charge in [-0.1, -0.05) is 15.9 Å². The van der Waals surface area contributed by atoms with Crippen molar-refractivity contribution < 1.29 is 4.42 Å². The molecule has 0 aromatic carbocycles. The number of pyridine rings is 1. The maximum absolute atomic E-state index is 4.85. The van der Waals surface area contributed by atoms with E-state index < -0.39 is 0 Å². The van der Waals surface area contributed by atoms with Crippen LogP contribution in [0.5, 0.6) is 0 Å². The summed E-state index contributed by atoms with van der Waals surface area (Å²) in [6.45, 7) is 0.611. The first-order chi connectivity index (χ1) is 6.84. The van der Waals surface area contributed by atoms with Gasteiger partial charge >= 0.3 is 0 Å². The minimum absolute atomic E-state index is 0.611. The van der Waals surface area contributed by atoms with E-state index in [9.17, 15) is 0 Å². The number of aromatic nitrogens is 2. The predicted molar refractivity (Wildman–Crippen MR) is 55.8 cm³/mol. The van der Waals surface area contributed by atoms with Crippen LogP contribution in [0.3, 0.4) is 0 Å². The average molecular weight is 254 g/mol. The molecular weight excluding hydrogens is 246 g/mol. The van der Waals surface area contributed by atoms with Crippen LogP contribution in [0.1, 0.15) is 5.69 Å². The number of nitrogens with one attached hydrogen (secondary N) is 1. The molecule has 72 valence electrons. The first-order valence-electron chi connectivity index (χ1n) is 4.07. The Morgan fingerprint density at radius 1 is 1.43 bits per heavy atom. The van der Waals surface area contributed by atoms with Crippen molar-refractivity contribution in [3.63, 3.8) is 0 Å². The van der Waals surface area contributed by atoms with Gasteiger partial charge in [-0.2, -0.15) is 0 Å². The summed E-state index contributed by atoms with van der Waals surface area (Å²) in [5.41, 5.74) is 0.853. The first-order valence-corrected chi connectivity index (χ1v) is 4.86. The van der Waals surface area contributed by atoms with Crippen LogP contribution in [-0.4, -0.2) is 9.97 Å². The van der Waals surface area contributed by atoms with E-state index in [-0.39, 0.29) is 0 Å². The Morgan fingerprint density at radius 2 is 2.36 bits per heavy atom. The second kappa shape index (κ2) is 4.23. The minimum Gasteiger partial charge on any atom is -0.451 e. The van der Waals surface area contributed by atoms with Crippen LogP contribution in [0.4, 0.5) is 5.82 Å². The lowest BCUT2D eigenvalue weighted by atomic mass is 10.4. The number of rotatable bonds is 3. The van der Waals surface area contributed by atoms with Crippen LogP contribution in [-0.2, 0) is 6.54 Å². The molecule has 0 fully saturated rings. The van der Waals surface area contributed by atoms with Crippen molar-refractivity contribution in [3.8, 4) is 0 Å². The maximum atomic E-state index is 4.85. The van der Waals surface area contributed by atoms with Crippen molar-refractivity contribution in [3.05, 3.63) is 41.2 Å². The topological polar surface area (TPSA) is 51.0 Å². The second-order valence-corrected chi connectivity index (χ2v) is 3.61. The number of anilines is 1. The molecule has 2 aromatic heterocycles. The SMILES string of the molecule is Brc1ccnc(NCc2cocn2)c1. The highest BCUT2D eigenvalue weighted by atomic mass is 79.9. The van der Waals surface area contributed by atoms with Crippen LogP contribution in [0.15, 0.2) is 39.9 Å². The lowest BCUT2D eigenvalue weighted by molar-refractivity contribution is 0.556. The first kappa shape index (κ1) is 9.21. The molecule has 0 spiro atoms. The van der Waals surface area contributed by atoms with Crippen LogP contribution in [0.2, 0.25) is 0 Å². The monoisotopic (exact) mass is 253 g/mol. The van der Waals surface area contributed by atoms with Gasteiger partial charge < -0.3 is 9.73 Å². The number of hydrogen-bond donors (Lipinski definition) is 1. The summed E-state index contributed by atoms with van der Waals surface area (Å²) >= 11 is 3.37. The standard InChI is InChI=1S/C9H8BrN3O/c10-7-1-2-11-9(3-7)12-4-8-5-14-6-13-8/h1-3,5-6H,4H2,(H,11,12). The summed E-state index contributed by atoms with van der Waals surface area (Å²) < 4.78 is 5.84. The summed E-state index contributed by atoms with van der Waals surface area (Å²) in [5.74, 6) is 0.808. The predicted octanol–water partition coefficient (Wildman–Crippen LogP) is 2.44. The van der Waals surface area contributed by atoms with Gasteiger partial charge in [-0.05, 0) is 12.1 Å². The molecule has 0 unspecified atom stereocenters. The Balaban J connectivity index is 1.98. The Labute approximate surface area is 89.5 Å². The molecule has 0 saturated carbocycles. The van der Waals surface area contributed by atoms with E-state index in [1.54, 1.807) is 12.5 Å². The highest BCUT2D eigenvalue weighted by molar-refractivity contribution is 9.10. The highest BCUT2D eigenvalue weighted by Gasteiger charge is 1.97. The fraction of sp³-hybridized carbons (Fsp3) is 0.111. The van der Waals surface area contributed by atoms with Crippen LogP contribution >= 0.6 is 15.9 Å². The van der Waals surface area contributed by atoms with Crippen LogP contribution in [0.25, 0.3) is 0 Å². The van der Waals surface area contributed by atoms with Crippen molar-refractivity contribution in [1.29, 1.82) is 0 Å². The summed E-state index contributed by atoms with van der Waals surface area (Å²) in [6, 6.07) is 3.78. The maximum Gasteiger partial charge on any atom is 0.180 e. The number of oxazole rings is 1. The van der Waals surface area contributed by atoms with E-state index in [2.05, 4.69) is 31.2 Å². The van der Waals surface area contributed by atoms with Crippen LogP contribution < -0.4 is 5.32 Å². The highest BCUT2D eigenvalue weighted by Crippen LogP contribution is 2.13. The number of hydrogen-bond acceptors (Lipinski definition) is 4. The van der Waals surface area contributed by atoms with Gasteiger partial charge in [-0.25, -0.2) is 9.97 Å². The van der Waals surface area contributed by atoms with Gasteiger partial charge in [0.15, 0.2) is 6.39 Å². The normalized spacial score (nSPS) is 10.1. The summed E-state index contributed by atoms with van der Waals surface area (Å²) in [6.07, 6.45) is 4.74. The Kier molecular flexibility index (Phi) is 2.78. The Bertz CT molecular complexity index is 402. The van der Waals surface area contributed by atoms with E-state index in [1.807, 2.05) is 12.1 Å². The molecule has 14 heavy (non-hydrogen) atoms. The van der Waals surface area contributed by atoms with E-state index in [4.69, 9.17) is 4.42 Å². The van der Waals surface area contributed by atoms with Gasteiger partial charge in [0.05, 0.1) is 12.2 Å². The third-order valence-corrected chi connectivity index (χ3v) is 2.15. The van der Waals surface area contributed by atoms with E-state index in [1.165, 1.54) is 6.39 Å². The fourth-order valence-electron chi connectivity index (χ4n) is 1.01. The fourth-order valence-corrected chi connectivity index (χ4v) is 1.34. The summed E-state index contributed by atoms with van der Waals surface area (Å²) in [4.78, 5) is 8.12. The third-order valence-electron chi connectivity index (χ3n) is 1.66. The largest absolute Gasteiger partial charge is 0.451 e. The second-order valence-electron chi connectivity index (χ2n) is 2.69. The van der Waals surface area contributed by atoms with E-state index in [0.717, 1.165) is 16.0 Å². The zero-order chi connectivity index (χ0) is 9.80. The smallest absolute Gasteiger partial charge is 0.180 e. The lowest BCUT2D eigenvalue weighted by Gasteiger charge is -2.02. The van der Waals surface area contributed by atoms with Gasteiger partial charge in [0.1, 0.15) is 12.1 Å². The molecule has 4 nitrogen and oxygen atoms in total. The third kappa shape index (κ3) is 2.32. The number of halogens is 1. The molecule has 2 aromatic rings. The van der Waals surface area contributed by atoms with Gasteiger partial charge in [-0.3, -0.25) is 0 Å². The van der Waals surface area contributed by atoms with E-state index >= 15 is 0 Å². The number of nitrogens with zero attached hydrogens (tertiary/aromatic N) is 2. The molecule has 0 aliphatic carbocycles. The van der Waals surface area contributed by atoms with E-state index in [0.29, 0.717) is 6.54 Å². The molecule has 0 atom stereocenters. The van der Waals surface area contributed by atoms with Gasteiger partial charge in [-0.15, -0.1) is 0 Å². The molecule has 2 heterocycles. The molecule has 2 rings (SSSR count). The van der Waals surface area contributed by atoms with Crippen LogP contribution in [0, 0.1) is 0 Å². The zero-order valence-electron chi connectivity index (χ0n) is 7.27. The molecule has 0 saturated heterocycles. The molecule has 0 aliphatic rings. The quantitative estimate of drug-likeness (QED) is 0.913. The zero-order valence-corrected chi connectivity index (χ0v) is 8.86. The van der Waals surface area contributed by atoms with Gasteiger partial charge in [0.25, 0.3) is 0 Å². The van der Waals surface area contributed by atoms with Crippen molar-refractivity contribution in [1.82, 2.24) is 9.97 Å². The molecule has 5 heteroatoms. The molecule has 0 radical (unpaired) electrons. The molecule has 1 N–H and O–H groups in total. The lowest BCUT2D eigenvalue weighted by Crippen LogP contribution is -2.00. The van der Waals surface area contributed by atoms with Crippen molar-refractivity contribution in [2.24, 2.45) is 0 Å². The minimum atomic E-state index is 0.611. The molecular formula is C9H8BrN3O. The van der Waals surface area contributed by atoms with Crippen molar-refractivity contribution in [2.45, 2.75) is 6.54 Å². The average Bonchev–Trinajstić information content (AvgIpc) is 2.67. The van der Waals surface area contributed by atoms with Gasteiger partial charge in [0.2, 0.25) is 0 Å². The molecule has 0 amide bonds.